The number of carbonyl (C=O) groups is 2. The molecular weight excluding hydrogens is 194 g/mol. The molecule has 0 aromatic heterocycles. The van der Waals surface area contributed by atoms with Crippen molar-refractivity contribution in [3.05, 3.63) is 0 Å². The van der Waals surface area contributed by atoms with E-state index in [4.69, 9.17) is 5.11 Å². The van der Waals surface area contributed by atoms with Crippen LogP contribution in [0.25, 0.3) is 0 Å². The molecule has 0 saturated carbocycles. The second kappa shape index (κ2) is 3.83. The molecule has 1 saturated heterocycles. The van der Waals surface area contributed by atoms with E-state index in [-0.39, 0.29) is 11.8 Å². The molecule has 0 aromatic rings. The molecule has 86 valence electrons. The number of amides is 1. The van der Waals surface area contributed by atoms with Crippen LogP contribution in [-0.2, 0) is 9.59 Å². The minimum absolute atomic E-state index is 0.0399. The topological polar surface area (TPSA) is 57.6 Å². The van der Waals surface area contributed by atoms with Crippen molar-refractivity contribution in [3.8, 4) is 0 Å². The zero-order valence-electron chi connectivity index (χ0n) is 9.78. The van der Waals surface area contributed by atoms with Gasteiger partial charge in [0.25, 0.3) is 0 Å². The highest BCUT2D eigenvalue weighted by Crippen LogP contribution is 2.27. The standard InChI is InChI=1S/C11H19NO3/c1-7-5-12(6-8(7)9(13)14)10(15)11(2,3)4/h7-8H,5-6H2,1-4H3,(H,13,14)/t7-,8-/m1/s1. The van der Waals surface area contributed by atoms with Gasteiger partial charge in [-0.05, 0) is 5.92 Å². The van der Waals surface area contributed by atoms with Crippen molar-refractivity contribution >= 4 is 11.9 Å². The lowest BCUT2D eigenvalue weighted by molar-refractivity contribution is -0.143. The Morgan fingerprint density at radius 3 is 2.13 bits per heavy atom. The van der Waals surface area contributed by atoms with E-state index in [1.54, 1.807) is 4.90 Å². The first kappa shape index (κ1) is 12.0. The minimum atomic E-state index is -0.799. The highest BCUT2D eigenvalue weighted by molar-refractivity contribution is 5.83. The fourth-order valence-electron chi connectivity index (χ4n) is 1.93. The van der Waals surface area contributed by atoms with Crippen LogP contribution in [0.15, 0.2) is 0 Å². The molecule has 4 heteroatoms. The number of hydrogen-bond acceptors (Lipinski definition) is 2. The van der Waals surface area contributed by atoms with Crippen LogP contribution in [0.2, 0.25) is 0 Å². The van der Waals surface area contributed by atoms with Gasteiger partial charge in [-0.3, -0.25) is 9.59 Å². The van der Waals surface area contributed by atoms with Crippen molar-refractivity contribution in [3.63, 3.8) is 0 Å². The SMILES string of the molecule is C[C@@H]1CN(C(=O)C(C)(C)C)C[C@H]1C(=O)O. The summed E-state index contributed by atoms with van der Waals surface area (Å²) < 4.78 is 0. The van der Waals surface area contributed by atoms with Gasteiger partial charge in [-0.1, -0.05) is 27.7 Å². The third-order valence-corrected chi connectivity index (χ3v) is 2.86. The lowest BCUT2D eigenvalue weighted by Crippen LogP contribution is -2.38. The summed E-state index contributed by atoms with van der Waals surface area (Å²) in [7, 11) is 0. The number of carboxylic acids is 1. The molecule has 1 N–H and O–H groups in total. The van der Waals surface area contributed by atoms with Gasteiger partial charge in [0.05, 0.1) is 5.92 Å². The molecular formula is C11H19NO3. The van der Waals surface area contributed by atoms with Gasteiger partial charge in [-0.2, -0.15) is 0 Å². The van der Waals surface area contributed by atoms with Crippen LogP contribution in [0, 0.1) is 17.3 Å². The Kier molecular flexibility index (Phi) is 3.07. The van der Waals surface area contributed by atoms with Crippen molar-refractivity contribution in [1.82, 2.24) is 4.90 Å². The normalized spacial score (nSPS) is 26.8. The molecule has 4 nitrogen and oxygen atoms in total. The Bertz CT molecular complexity index is 280. The molecule has 0 spiro atoms. The Labute approximate surface area is 90.3 Å². The molecule has 1 aliphatic heterocycles. The Hall–Kier alpha value is -1.06. The van der Waals surface area contributed by atoms with E-state index in [0.717, 1.165) is 0 Å². The smallest absolute Gasteiger partial charge is 0.308 e. The molecule has 1 rings (SSSR count). The molecule has 0 radical (unpaired) electrons. The van der Waals surface area contributed by atoms with Crippen LogP contribution < -0.4 is 0 Å². The maximum absolute atomic E-state index is 11.9. The summed E-state index contributed by atoms with van der Waals surface area (Å²) in [5, 5.41) is 8.95. The van der Waals surface area contributed by atoms with Gasteiger partial charge < -0.3 is 10.0 Å². The summed E-state index contributed by atoms with van der Waals surface area (Å²) >= 11 is 0. The maximum Gasteiger partial charge on any atom is 0.308 e. The summed E-state index contributed by atoms with van der Waals surface area (Å²) in [4.78, 5) is 24.5. The maximum atomic E-state index is 11.9. The molecule has 2 atom stereocenters. The zero-order chi connectivity index (χ0) is 11.8. The zero-order valence-corrected chi connectivity index (χ0v) is 9.78. The van der Waals surface area contributed by atoms with Crippen LogP contribution >= 0.6 is 0 Å². The highest BCUT2D eigenvalue weighted by atomic mass is 16.4. The Morgan fingerprint density at radius 2 is 1.80 bits per heavy atom. The average Bonchev–Trinajstić information content (AvgIpc) is 2.44. The number of hydrogen-bond donors (Lipinski definition) is 1. The summed E-state index contributed by atoms with van der Waals surface area (Å²) in [6.07, 6.45) is 0. The molecule has 15 heavy (non-hydrogen) atoms. The van der Waals surface area contributed by atoms with Gasteiger partial charge >= 0.3 is 5.97 Å². The van der Waals surface area contributed by atoms with Crippen molar-refractivity contribution in [1.29, 1.82) is 0 Å². The fraction of sp³-hybridized carbons (Fsp3) is 0.818. The van der Waals surface area contributed by atoms with E-state index in [2.05, 4.69) is 0 Å². The summed E-state index contributed by atoms with van der Waals surface area (Å²) in [5.74, 6) is -1.12. The number of likely N-dealkylation sites (tertiary alicyclic amines) is 1. The number of carboxylic acid groups (broad SMARTS) is 1. The lowest BCUT2D eigenvalue weighted by atomic mass is 9.95. The molecule has 0 aromatic carbocycles. The molecule has 0 aliphatic carbocycles. The first-order chi connectivity index (χ1) is 6.73. The molecule has 1 amide bonds. The van der Waals surface area contributed by atoms with E-state index in [9.17, 15) is 9.59 Å². The van der Waals surface area contributed by atoms with Crippen molar-refractivity contribution in [2.45, 2.75) is 27.7 Å². The first-order valence-corrected chi connectivity index (χ1v) is 5.25. The number of nitrogens with zero attached hydrogens (tertiary/aromatic N) is 1. The van der Waals surface area contributed by atoms with E-state index in [1.165, 1.54) is 0 Å². The predicted molar refractivity (Wildman–Crippen MR) is 56.3 cm³/mol. The largest absolute Gasteiger partial charge is 0.481 e. The molecule has 1 heterocycles. The second-order valence-corrected chi connectivity index (χ2v) is 5.38. The molecule has 1 aliphatic rings. The molecule has 1 fully saturated rings. The summed E-state index contributed by atoms with van der Waals surface area (Å²) in [6.45, 7) is 8.37. The van der Waals surface area contributed by atoms with Gasteiger partial charge in [-0.15, -0.1) is 0 Å². The highest BCUT2D eigenvalue weighted by Gasteiger charge is 2.39. The number of carbonyl (C=O) groups excluding carboxylic acids is 1. The Morgan fingerprint density at radius 1 is 1.27 bits per heavy atom. The van der Waals surface area contributed by atoms with Gasteiger partial charge in [-0.25, -0.2) is 0 Å². The van der Waals surface area contributed by atoms with Crippen LogP contribution in [0.5, 0.6) is 0 Å². The number of aliphatic carboxylic acids is 1. The number of rotatable bonds is 1. The third kappa shape index (κ3) is 2.49. The van der Waals surface area contributed by atoms with E-state index in [1.807, 2.05) is 27.7 Å². The van der Waals surface area contributed by atoms with Crippen LogP contribution in [0.3, 0.4) is 0 Å². The fourth-order valence-corrected chi connectivity index (χ4v) is 1.93. The third-order valence-electron chi connectivity index (χ3n) is 2.86. The van der Waals surface area contributed by atoms with E-state index in [0.29, 0.717) is 13.1 Å². The van der Waals surface area contributed by atoms with Gasteiger partial charge in [0.2, 0.25) is 5.91 Å². The average molecular weight is 213 g/mol. The monoisotopic (exact) mass is 213 g/mol. The lowest BCUT2D eigenvalue weighted by Gasteiger charge is -2.25. The molecule has 0 bridgehead atoms. The predicted octanol–water partition coefficient (Wildman–Crippen LogP) is 1.21. The first-order valence-electron chi connectivity index (χ1n) is 5.25. The van der Waals surface area contributed by atoms with Crippen molar-refractivity contribution in [2.75, 3.05) is 13.1 Å². The second-order valence-electron chi connectivity index (χ2n) is 5.38. The molecule has 0 unspecified atom stereocenters. The van der Waals surface area contributed by atoms with Gasteiger partial charge in [0.15, 0.2) is 0 Å². The van der Waals surface area contributed by atoms with E-state index >= 15 is 0 Å². The van der Waals surface area contributed by atoms with E-state index < -0.39 is 17.3 Å². The van der Waals surface area contributed by atoms with Crippen molar-refractivity contribution < 1.29 is 14.7 Å². The van der Waals surface area contributed by atoms with Gasteiger partial charge in [0.1, 0.15) is 0 Å². The quantitative estimate of drug-likeness (QED) is 0.712. The van der Waals surface area contributed by atoms with Crippen LogP contribution in [0.1, 0.15) is 27.7 Å². The Balaban J connectivity index is 2.71. The van der Waals surface area contributed by atoms with Crippen molar-refractivity contribution in [2.24, 2.45) is 17.3 Å². The van der Waals surface area contributed by atoms with Crippen LogP contribution in [-0.4, -0.2) is 35.0 Å². The minimum Gasteiger partial charge on any atom is -0.481 e. The van der Waals surface area contributed by atoms with Crippen LogP contribution in [0.4, 0.5) is 0 Å². The summed E-state index contributed by atoms with van der Waals surface area (Å²) in [6, 6.07) is 0. The van der Waals surface area contributed by atoms with Gasteiger partial charge in [0, 0.05) is 18.5 Å². The summed E-state index contributed by atoms with van der Waals surface area (Å²) in [5.41, 5.74) is -0.423.